The van der Waals surface area contributed by atoms with Crippen molar-refractivity contribution in [1.82, 2.24) is 0 Å². The van der Waals surface area contributed by atoms with Crippen LogP contribution in [0.5, 0.6) is 0 Å². The highest BCUT2D eigenvalue weighted by atomic mass is 16.4. The third-order valence-corrected chi connectivity index (χ3v) is 6.94. The largest absolute Gasteiger partial charge is 0.481 e. The van der Waals surface area contributed by atoms with Gasteiger partial charge in [0.25, 0.3) is 0 Å². The molecule has 0 bridgehead atoms. The summed E-state index contributed by atoms with van der Waals surface area (Å²) in [5.41, 5.74) is 3.69. The van der Waals surface area contributed by atoms with Crippen LogP contribution >= 0.6 is 0 Å². The maximum Gasteiger partial charge on any atom is 0.303 e. The van der Waals surface area contributed by atoms with E-state index in [1.165, 1.54) is 6.92 Å². The number of aryl methyl sites for hydroxylation is 1. The lowest BCUT2D eigenvalue weighted by molar-refractivity contribution is -0.138. The Balaban J connectivity index is 1.79. The van der Waals surface area contributed by atoms with Gasteiger partial charge in [-0.05, 0) is 55.4 Å². The number of fused-ring (bicyclic) bond motifs is 2. The van der Waals surface area contributed by atoms with Crippen molar-refractivity contribution >= 4 is 29.1 Å². The molecule has 0 fully saturated rings. The second-order valence-corrected chi connectivity index (χ2v) is 9.73. The number of hydrogen-bond acceptors (Lipinski definition) is 5. The fourth-order valence-electron chi connectivity index (χ4n) is 5.20. The van der Waals surface area contributed by atoms with Crippen molar-refractivity contribution in [3.05, 3.63) is 105 Å². The Morgan fingerprint density at radius 1 is 0.892 bits per heavy atom. The molecule has 0 spiro atoms. The van der Waals surface area contributed by atoms with E-state index in [2.05, 4.69) is 0 Å². The number of ketones is 4. The Morgan fingerprint density at radius 2 is 1.51 bits per heavy atom. The molecule has 1 unspecified atom stereocenters. The van der Waals surface area contributed by atoms with E-state index < -0.39 is 5.97 Å². The smallest absolute Gasteiger partial charge is 0.303 e. The van der Waals surface area contributed by atoms with Crippen LogP contribution in [0, 0.1) is 12.8 Å². The zero-order valence-corrected chi connectivity index (χ0v) is 21.1. The van der Waals surface area contributed by atoms with E-state index in [0.29, 0.717) is 45.4 Å². The molecular weight excluding hydrogens is 468 g/mol. The van der Waals surface area contributed by atoms with Crippen LogP contribution in [0.15, 0.2) is 54.6 Å². The quantitative estimate of drug-likeness (QED) is 0.301. The fraction of sp³-hybridized carbons (Fsp3) is 0.258. The summed E-state index contributed by atoms with van der Waals surface area (Å²) in [6.07, 6.45) is 0.736. The number of rotatable bonds is 9. The zero-order valence-electron chi connectivity index (χ0n) is 21.1. The van der Waals surface area contributed by atoms with Crippen LogP contribution in [0.3, 0.4) is 0 Å². The van der Waals surface area contributed by atoms with Gasteiger partial charge in [-0.3, -0.25) is 24.0 Å². The number of carboxylic acid groups (broad SMARTS) is 1. The fourth-order valence-corrected chi connectivity index (χ4v) is 5.20. The molecule has 0 radical (unpaired) electrons. The summed E-state index contributed by atoms with van der Waals surface area (Å²) in [6.45, 7) is 4.98. The molecule has 4 rings (SSSR count). The first-order valence-electron chi connectivity index (χ1n) is 12.3. The summed E-state index contributed by atoms with van der Waals surface area (Å²) in [4.78, 5) is 63.9. The van der Waals surface area contributed by atoms with Crippen LogP contribution in [0.1, 0.15) is 102 Å². The molecule has 6 nitrogen and oxygen atoms in total. The molecule has 0 amide bonds. The minimum atomic E-state index is -0.901. The summed E-state index contributed by atoms with van der Waals surface area (Å²) in [5, 5.41) is 9.00. The van der Waals surface area contributed by atoms with Crippen LogP contribution in [-0.4, -0.2) is 34.2 Å². The number of hydrogen-bond donors (Lipinski definition) is 1. The summed E-state index contributed by atoms with van der Waals surface area (Å²) < 4.78 is 0. The molecule has 1 atom stereocenters. The molecule has 0 saturated heterocycles. The number of carbonyl (C=O) groups excluding carboxylic acids is 4. The SMILES string of the molecule is CC(=O)c1c(C)cc2c(c1Cc1ccccc1C(=O)CCC(C)CC(=O)O)C(=O)c1ccccc1C2=O. The summed E-state index contributed by atoms with van der Waals surface area (Å²) in [6, 6.07) is 15.3. The Labute approximate surface area is 215 Å². The number of aliphatic carboxylic acids is 1. The van der Waals surface area contributed by atoms with Crippen LogP contribution in [0.25, 0.3) is 0 Å². The first kappa shape index (κ1) is 25.9. The highest BCUT2D eigenvalue weighted by Gasteiger charge is 2.34. The Hall–Kier alpha value is -4.19. The van der Waals surface area contributed by atoms with Gasteiger partial charge < -0.3 is 5.11 Å². The van der Waals surface area contributed by atoms with Crippen LogP contribution in [0.2, 0.25) is 0 Å². The van der Waals surface area contributed by atoms with Crippen molar-refractivity contribution in [3.63, 3.8) is 0 Å². The lowest BCUT2D eigenvalue weighted by Crippen LogP contribution is -2.25. The molecule has 0 aliphatic heterocycles. The standard InChI is InChI=1S/C31H28O6/c1-17(14-27(34)35)12-13-26(33)21-9-5-4-8-20(21)16-24-28(19(3)32)18(2)15-25-29(24)31(37)23-11-7-6-10-22(23)30(25)36/h4-11,15,17H,12-14,16H2,1-3H3,(H,34,35). The third kappa shape index (κ3) is 5.05. The predicted octanol–water partition coefficient (Wildman–Crippen LogP) is 5.64. The number of Topliss-reactive ketones (excluding diaryl/α,β-unsaturated/α-hetero) is 2. The van der Waals surface area contributed by atoms with E-state index in [4.69, 9.17) is 5.11 Å². The van der Waals surface area contributed by atoms with E-state index in [9.17, 15) is 24.0 Å². The monoisotopic (exact) mass is 496 g/mol. The van der Waals surface area contributed by atoms with Gasteiger partial charge in [0.1, 0.15) is 0 Å². The van der Waals surface area contributed by atoms with Gasteiger partial charge in [0.2, 0.25) is 0 Å². The summed E-state index contributed by atoms with van der Waals surface area (Å²) in [7, 11) is 0. The van der Waals surface area contributed by atoms with E-state index in [0.717, 1.165) is 0 Å². The first-order chi connectivity index (χ1) is 17.6. The van der Waals surface area contributed by atoms with Crippen molar-refractivity contribution in [2.45, 2.75) is 46.5 Å². The Bertz CT molecular complexity index is 1460. The molecular formula is C31H28O6. The van der Waals surface area contributed by atoms with Gasteiger partial charge in [-0.15, -0.1) is 0 Å². The van der Waals surface area contributed by atoms with Gasteiger partial charge in [0, 0.05) is 46.2 Å². The second kappa shape index (κ2) is 10.4. The van der Waals surface area contributed by atoms with Crippen molar-refractivity contribution < 1.29 is 29.1 Å². The van der Waals surface area contributed by atoms with Gasteiger partial charge in [-0.1, -0.05) is 55.5 Å². The zero-order chi connectivity index (χ0) is 26.9. The molecule has 37 heavy (non-hydrogen) atoms. The third-order valence-electron chi connectivity index (χ3n) is 6.94. The van der Waals surface area contributed by atoms with E-state index in [1.807, 2.05) is 0 Å². The predicted molar refractivity (Wildman–Crippen MR) is 139 cm³/mol. The first-order valence-corrected chi connectivity index (χ1v) is 12.3. The van der Waals surface area contributed by atoms with Gasteiger partial charge in [-0.25, -0.2) is 0 Å². The molecule has 3 aromatic rings. The van der Waals surface area contributed by atoms with Crippen LogP contribution in [-0.2, 0) is 11.2 Å². The molecule has 6 heteroatoms. The number of carbonyl (C=O) groups is 5. The highest BCUT2D eigenvalue weighted by molar-refractivity contribution is 6.29. The molecule has 188 valence electrons. The van der Waals surface area contributed by atoms with Crippen LogP contribution < -0.4 is 0 Å². The topological polar surface area (TPSA) is 106 Å². The average molecular weight is 497 g/mol. The number of benzene rings is 3. The molecule has 1 aliphatic carbocycles. The molecule has 0 heterocycles. The van der Waals surface area contributed by atoms with Crippen molar-refractivity contribution in [1.29, 1.82) is 0 Å². The van der Waals surface area contributed by atoms with Crippen molar-refractivity contribution in [3.8, 4) is 0 Å². The van der Waals surface area contributed by atoms with Gasteiger partial charge in [0.05, 0.1) is 0 Å². The average Bonchev–Trinajstić information content (AvgIpc) is 2.85. The minimum absolute atomic E-state index is 0.00998. The van der Waals surface area contributed by atoms with Crippen LogP contribution in [0.4, 0.5) is 0 Å². The van der Waals surface area contributed by atoms with Crippen molar-refractivity contribution in [2.24, 2.45) is 5.92 Å². The Kier molecular flexibility index (Phi) is 7.30. The number of carboxylic acids is 1. The van der Waals surface area contributed by atoms with Gasteiger partial charge >= 0.3 is 5.97 Å². The lowest BCUT2D eigenvalue weighted by atomic mass is 9.77. The van der Waals surface area contributed by atoms with E-state index >= 15 is 0 Å². The lowest BCUT2D eigenvalue weighted by Gasteiger charge is -2.24. The van der Waals surface area contributed by atoms with E-state index in [-0.39, 0.29) is 59.4 Å². The molecule has 1 N–H and O–H groups in total. The maximum atomic E-state index is 13.7. The normalized spacial score (nSPS) is 13.1. The molecule has 0 saturated carbocycles. The summed E-state index contributed by atoms with van der Waals surface area (Å²) in [5.74, 6) is -1.98. The van der Waals surface area contributed by atoms with Gasteiger partial charge in [0.15, 0.2) is 23.1 Å². The molecule has 3 aromatic carbocycles. The van der Waals surface area contributed by atoms with Gasteiger partial charge in [-0.2, -0.15) is 0 Å². The molecule has 1 aliphatic rings. The second-order valence-electron chi connectivity index (χ2n) is 9.73. The van der Waals surface area contributed by atoms with E-state index in [1.54, 1.807) is 68.4 Å². The van der Waals surface area contributed by atoms with Crippen molar-refractivity contribution in [2.75, 3.05) is 0 Å². The maximum absolute atomic E-state index is 13.7. The molecule has 0 aromatic heterocycles. The Morgan fingerprint density at radius 3 is 2.16 bits per heavy atom. The minimum Gasteiger partial charge on any atom is -0.481 e. The highest BCUT2D eigenvalue weighted by Crippen LogP contribution is 2.35. The summed E-state index contributed by atoms with van der Waals surface area (Å²) >= 11 is 0.